The minimum atomic E-state index is 0. The zero-order valence-electron chi connectivity index (χ0n) is 14.0. The first-order chi connectivity index (χ1) is 11.2. The molecule has 0 bridgehead atoms. The molecule has 2 heterocycles. The SMILES string of the molecule is CC1CN(C(=O)CCSc2ccc3c(c2)OCCCO3)CCN1.Cl. The Bertz CT molecular complexity index is 559. The smallest absolute Gasteiger partial charge is 0.223 e. The summed E-state index contributed by atoms with van der Waals surface area (Å²) in [5.41, 5.74) is 0. The van der Waals surface area contributed by atoms with Crippen molar-refractivity contribution >= 4 is 30.1 Å². The van der Waals surface area contributed by atoms with Gasteiger partial charge in [0.25, 0.3) is 0 Å². The van der Waals surface area contributed by atoms with Gasteiger partial charge in [-0.1, -0.05) is 0 Å². The van der Waals surface area contributed by atoms with Gasteiger partial charge in [0.2, 0.25) is 5.91 Å². The van der Waals surface area contributed by atoms with E-state index in [-0.39, 0.29) is 18.3 Å². The van der Waals surface area contributed by atoms with Crippen LogP contribution in [0.3, 0.4) is 0 Å². The summed E-state index contributed by atoms with van der Waals surface area (Å²) >= 11 is 1.69. The number of halogens is 1. The Labute approximate surface area is 153 Å². The standard InChI is InChI=1S/C17H24N2O3S.ClH/c1-13-12-19(7-6-18-13)17(20)5-10-23-14-3-4-15-16(11-14)22-9-2-8-21-15;/h3-4,11,13,18H,2,5-10,12H2,1H3;1H. The van der Waals surface area contributed by atoms with Gasteiger partial charge < -0.3 is 19.7 Å². The second kappa shape index (κ2) is 9.39. The largest absolute Gasteiger partial charge is 0.490 e. The van der Waals surface area contributed by atoms with Gasteiger partial charge in [0, 0.05) is 49.2 Å². The van der Waals surface area contributed by atoms with E-state index in [1.165, 1.54) is 0 Å². The number of fused-ring (bicyclic) bond motifs is 1. The second-order valence-electron chi connectivity index (χ2n) is 5.95. The minimum Gasteiger partial charge on any atom is -0.490 e. The zero-order valence-corrected chi connectivity index (χ0v) is 15.6. The Kier molecular flexibility index (Phi) is 7.52. The number of nitrogens with one attached hydrogen (secondary N) is 1. The summed E-state index contributed by atoms with van der Waals surface area (Å²) < 4.78 is 11.3. The monoisotopic (exact) mass is 372 g/mol. The summed E-state index contributed by atoms with van der Waals surface area (Å²) in [6, 6.07) is 6.41. The van der Waals surface area contributed by atoms with Crippen LogP contribution in [-0.2, 0) is 4.79 Å². The van der Waals surface area contributed by atoms with Crippen LogP contribution >= 0.6 is 24.2 Å². The molecule has 0 saturated carbocycles. The Morgan fingerprint density at radius 3 is 2.92 bits per heavy atom. The molecule has 1 unspecified atom stereocenters. The third-order valence-corrected chi connectivity index (χ3v) is 5.02. The molecule has 0 aliphatic carbocycles. The Morgan fingerprint density at radius 1 is 1.33 bits per heavy atom. The molecule has 2 aliphatic rings. The molecule has 134 valence electrons. The molecule has 1 saturated heterocycles. The lowest BCUT2D eigenvalue weighted by molar-refractivity contribution is -0.131. The number of hydrogen-bond acceptors (Lipinski definition) is 5. The molecule has 1 N–H and O–H groups in total. The first-order valence-corrected chi connectivity index (χ1v) is 9.24. The van der Waals surface area contributed by atoms with E-state index in [2.05, 4.69) is 12.2 Å². The maximum Gasteiger partial charge on any atom is 0.223 e. The van der Waals surface area contributed by atoms with E-state index in [4.69, 9.17) is 9.47 Å². The molecule has 7 heteroatoms. The van der Waals surface area contributed by atoms with E-state index in [9.17, 15) is 4.79 Å². The molecule has 3 rings (SSSR count). The van der Waals surface area contributed by atoms with Crippen molar-refractivity contribution < 1.29 is 14.3 Å². The fourth-order valence-corrected chi connectivity index (χ4v) is 3.67. The first-order valence-electron chi connectivity index (χ1n) is 8.26. The minimum absolute atomic E-state index is 0. The van der Waals surface area contributed by atoms with Crippen LogP contribution in [0, 0.1) is 0 Å². The van der Waals surface area contributed by atoms with E-state index in [1.54, 1.807) is 11.8 Å². The summed E-state index contributed by atoms with van der Waals surface area (Å²) in [5.74, 6) is 2.67. The fourth-order valence-electron chi connectivity index (χ4n) is 2.81. The number of amides is 1. The van der Waals surface area contributed by atoms with Gasteiger partial charge in [0.1, 0.15) is 0 Å². The predicted octanol–water partition coefficient (Wildman–Crippen LogP) is 2.57. The molecule has 1 fully saturated rings. The van der Waals surface area contributed by atoms with E-state index < -0.39 is 0 Å². The van der Waals surface area contributed by atoms with Crippen LogP contribution in [0.2, 0.25) is 0 Å². The van der Waals surface area contributed by atoms with Crippen LogP contribution in [0.25, 0.3) is 0 Å². The number of thioether (sulfide) groups is 1. The summed E-state index contributed by atoms with van der Waals surface area (Å²) in [4.78, 5) is 15.3. The van der Waals surface area contributed by atoms with Crippen LogP contribution in [0.4, 0.5) is 0 Å². The lowest BCUT2D eigenvalue weighted by Crippen LogP contribution is -2.51. The summed E-state index contributed by atoms with van der Waals surface area (Å²) in [5, 5.41) is 3.36. The Morgan fingerprint density at radius 2 is 2.12 bits per heavy atom. The van der Waals surface area contributed by atoms with Gasteiger partial charge in [-0.05, 0) is 25.1 Å². The van der Waals surface area contributed by atoms with Crippen LogP contribution in [0.1, 0.15) is 19.8 Å². The van der Waals surface area contributed by atoms with E-state index >= 15 is 0 Å². The average Bonchev–Trinajstić information content (AvgIpc) is 2.79. The van der Waals surface area contributed by atoms with Crippen molar-refractivity contribution in [2.45, 2.75) is 30.7 Å². The Balaban J connectivity index is 0.00000208. The third-order valence-electron chi connectivity index (χ3n) is 4.03. The van der Waals surface area contributed by atoms with Crippen molar-refractivity contribution in [3.8, 4) is 11.5 Å². The molecule has 5 nitrogen and oxygen atoms in total. The summed E-state index contributed by atoms with van der Waals surface area (Å²) in [6.45, 7) is 6.04. The van der Waals surface area contributed by atoms with Gasteiger partial charge in [-0.2, -0.15) is 0 Å². The molecule has 0 radical (unpaired) electrons. The van der Waals surface area contributed by atoms with Crippen molar-refractivity contribution in [2.24, 2.45) is 0 Å². The van der Waals surface area contributed by atoms with E-state index in [0.29, 0.717) is 25.7 Å². The molecule has 2 aliphatic heterocycles. The number of piperazine rings is 1. The predicted molar refractivity (Wildman–Crippen MR) is 98.7 cm³/mol. The maximum atomic E-state index is 12.3. The molecule has 1 atom stereocenters. The number of carbonyl (C=O) groups is 1. The molecular weight excluding hydrogens is 348 g/mol. The average molecular weight is 373 g/mol. The lowest BCUT2D eigenvalue weighted by Gasteiger charge is -2.32. The maximum absolute atomic E-state index is 12.3. The highest BCUT2D eigenvalue weighted by Gasteiger charge is 2.20. The third kappa shape index (κ3) is 5.19. The van der Waals surface area contributed by atoms with Crippen molar-refractivity contribution in [1.29, 1.82) is 0 Å². The number of ether oxygens (including phenoxy) is 2. The van der Waals surface area contributed by atoms with Gasteiger partial charge in [0.05, 0.1) is 13.2 Å². The molecule has 1 amide bonds. The molecular formula is C17H25ClN2O3S. The number of carbonyl (C=O) groups excluding carboxylic acids is 1. The number of rotatable bonds is 4. The van der Waals surface area contributed by atoms with Crippen LogP contribution in [0.5, 0.6) is 11.5 Å². The summed E-state index contributed by atoms with van der Waals surface area (Å²) in [7, 11) is 0. The van der Waals surface area contributed by atoms with Crippen molar-refractivity contribution in [3.05, 3.63) is 18.2 Å². The van der Waals surface area contributed by atoms with Gasteiger partial charge in [0.15, 0.2) is 11.5 Å². The van der Waals surface area contributed by atoms with Gasteiger partial charge in [-0.25, -0.2) is 0 Å². The quantitative estimate of drug-likeness (QED) is 0.823. The van der Waals surface area contributed by atoms with Gasteiger partial charge in [-0.15, -0.1) is 24.2 Å². The van der Waals surface area contributed by atoms with Crippen molar-refractivity contribution in [1.82, 2.24) is 10.2 Å². The highest BCUT2D eigenvalue weighted by atomic mass is 35.5. The van der Waals surface area contributed by atoms with Gasteiger partial charge in [-0.3, -0.25) is 4.79 Å². The van der Waals surface area contributed by atoms with Crippen LogP contribution in [0.15, 0.2) is 23.1 Å². The second-order valence-corrected chi connectivity index (χ2v) is 7.12. The number of nitrogens with zero attached hydrogens (tertiary/aromatic N) is 1. The van der Waals surface area contributed by atoms with Crippen molar-refractivity contribution in [3.63, 3.8) is 0 Å². The van der Waals surface area contributed by atoms with E-state index in [0.717, 1.165) is 48.2 Å². The highest BCUT2D eigenvalue weighted by molar-refractivity contribution is 7.99. The molecule has 24 heavy (non-hydrogen) atoms. The normalized spacial score (nSPS) is 20.0. The lowest BCUT2D eigenvalue weighted by atomic mass is 10.2. The molecule has 1 aromatic carbocycles. The van der Waals surface area contributed by atoms with Gasteiger partial charge >= 0.3 is 0 Å². The fraction of sp³-hybridized carbons (Fsp3) is 0.588. The van der Waals surface area contributed by atoms with Crippen LogP contribution < -0.4 is 14.8 Å². The van der Waals surface area contributed by atoms with Crippen LogP contribution in [-0.4, -0.2) is 55.4 Å². The first kappa shape index (κ1) is 19.2. The molecule has 0 aromatic heterocycles. The van der Waals surface area contributed by atoms with Crippen molar-refractivity contribution in [2.75, 3.05) is 38.6 Å². The number of hydrogen-bond donors (Lipinski definition) is 1. The molecule has 1 aromatic rings. The highest BCUT2D eigenvalue weighted by Crippen LogP contribution is 2.34. The number of benzene rings is 1. The zero-order chi connectivity index (χ0) is 16.1. The molecule has 0 spiro atoms. The topological polar surface area (TPSA) is 50.8 Å². The summed E-state index contributed by atoms with van der Waals surface area (Å²) in [6.07, 6.45) is 1.49. The van der Waals surface area contributed by atoms with E-state index in [1.807, 2.05) is 23.1 Å². The Hall–Kier alpha value is -1.11.